The highest BCUT2D eigenvalue weighted by Crippen LogP contribution is 2.21. The molecule has 6 heteroatoms. The number of hydrogen-bond acceptors (Lipinski definition) is 4. The van der Waals surface area contributed by atoms with Crippen LogP contribution < -0.4 is 10.5 Å². The van der Waals surface area contributed by atoms with E-state index in [1.165, 1.54) is 7.11 Å². The Hall–Kier alpha value is -2.63. The van der Waals surface area contributed by atoms with E-state index in [-0.39, 0.29) is 23.6 Å². The van der Waals surface area contributed by atoms with E-state index in [1.807, 2.05) is 0 Å². The van der Waals surface area contributed by atoms with Crippen LogP contribution >= 0.6 is 0 Å². The summed E-state index contributed by atoms with van der Waals surface area (Å²) in [5.41, 5.74) is 6.62. The summed E-state index contributed by atoms with van der Waals surface area (Å²) in [5, 5.41) is 0. The lowest BCUT2D eigenvalue weighted by Gasteiger charge is -2.12. The summed E-state index contributed by atoms with van der Waals surface area (Å²) in [6, 6.07) is 7.66. The van der Waals surface area contributed by atoms with Gasteiger partial charge in [-0.25, -0.2) is 13.6 Å². The molecule has 2 rings (SSSR count). The molecule has 110 valence electrons. The Balaban J connectivity index is 2.24. The van der Waals surface area contributed by atoms with Crippen LogP contribution in [-0.2, 0) is 11.3 Å². The standard InChI is InChI=1S/C15H13F2NO3/c1-20-15(19)14-9(3-2-4-13(14)18)8-21-12-6-10(16)5-11(17)7-12/h2-7H,8,18H2,1H3. The molecule has 0 atom stereocenters. The summed E-state index contributed by atoms with van der Waals surface area (Å²) in [7, 11) is 1.24. The summed E-state index contributed by atoms with van der Waals surface area (Å²) in [5.74, 6) is -2.07. The van der Waals surface area contributed by atoms with Gasteiger partial charge in [-0.1, -0.05) is 12.1 Å². The van der Waals surface area contributed by atoms with E-state index in [2.05, 4.69) is 4.74 Å². The Morgan fingerprint density at radius 1 is 1.19 bits per heavy atom. The molecule has 0 unspecified atom stereocenters. The van der Waals surface area contributed by atoms with Crippen LogP contribution in [0, 0.1) is 11.6 Å². The number of anilines is 1. The fourth-order valence-electron chi connectivity index (χ4n) is 1.86. The monoisotopic (exact) mass is 293 g/mol. The quantitative estimate of drug-likeness (QED) is 0.695. The lowest BCUT2D eigenvalue weighted by molar-refractivity contribution is 0.0599. The highest BCUT2D eigenvalue weighted by Gasteiger charge is 2.15. The van der Waals surface area contributed by atoms with E-state index >= 15 is 0 Å². The molecule has 0 aliphatic carbocycles. The minimum atomic E-state index is -0.745. The number of carbonyl (C=O) groups excluding carboxylic acids is 1. The second-order valence-electron chi connectivity index (χ2n) is 4.27. The number of nitrogens with two attached hydrogens (primary N) is 1. The third kappa shape index (κ3) is 3.47. The van der Waals surface area contributed by atoms with Crippen molar-refractivity contribution in [3.8, 4) is 5.75 Å². The zero-order valence-corrected chi connectivity index (χ0v) is 11.2. The maximum Gasteiger partial charge on any atom is 0.340 e. The fraction of sp³-hybridized carbons (Fsp3) is 0.133. The van der Waals surface area contributed by atoms with Crippen LogP contribution in [0.25, 0.3) is 0 Å². The van der Waals surface area contributed by atoms with E-state index in [9.17, 15) is 13.6 Å². The van der Waals surface area contributed by atoms with Gasteiger partial charge < -0.3 is 15.2 Å². The fourth-order valence-corrected chi connectivity index (χ4v) is 1.86. The van der Waals surface area contributed by atoms with E-state index in [0.29, 0.717) is 5.56 Å². The number of rotatable bonds is 4. The number of esters is 1. The zero-order chi connectivity index (χ0) is 15.4. The molecule has 4 nitrogen and oxygen atoms in total. The van der Waals surface area contributed by atoms with Crippen molar-refractivity contribution in [2.24, 2.45) is 0 Å². The molecule has 0 aliphatic heterocycles. The van der Waals surface area contributed by atoms with Gasteiger partial charge in [0.1, 0.15) is 24.0 Å². The molecular weight excluding hydrogens is 280 g/mol. The van der Waals surface area contributed by atoms with Crippen molar-refractivity contribution in [2.75, 3.05) is 12.8 Å². The molecule has 0 saturated heterocycles. The second kappa shape index (κ2) is 6.21. The van der Waals surface area contributed by atoms with Crippen molar-refractivity contribution in [3.63, 3.8) is 0 Å². The summed E-state index contributed by atoms with van der Waals surface area (Å²) in [6.45, 7) is -0.0711. The Bertz CT molecular complexity index is 654. The Kier molecular flexibility index (Phi) is 4.37. The van der Waals surface area contributed by atoms with Gasteiger partial charge in [0.05, 0.1) is 12.7 Å². The molecule has 0 radical (unpaired) electrons. The predicted molar refractivity (Wildman–Crippen MR) is 72.9 cm³/mol. The van der Waals surface area contributed by atoms with Crippen LogP contribution in [0.4, 0.5) is 14.5 Å². The molecular formula is C15H13F2NO3. The van der Waals surface area contributed by atoms with Gasteiger partial charge in [-0.15, -0.1) is 0 Å². The highest BCUT2D eigenvalue weighted by atomic mass is 19.1. The van der Waals surface area contributed by atoms with Gasteiger partial charge in [-0.3, -0.25) is 0 Å². The maximum absolute atomic E-state index is 13.1. The number of benzene rings is 2. The number of methoxy groups -OCH3 is 1. The molecule has 0 bridgehead atoms. The van der Waals surface area contributed by atoms with Crippen molar-refractivity contribution in [1.29, 1.82) is 0 Å². The minimum absolute atomic E-state index is 0.0192. The normalized spacial score (nSPS) is 10.2. The Morgan fingerprint density at radius 3 is 2.48 bits per heavy atom. The SMILES string of the molecule is COC(=O)c1c(N)cccc1COc1cc(F)cc(F)c1. The first-order chi connectivity index (χ1) is 10.0. The van der Waals surface area contributed by atoms with Crippen molar-refractivity contribution < 1.29 is 23.0 Å². The summed E-state index contributed by atoms with van der Waals surface area (Å²) >= 11 is 0. The largest absolute Gasteiger partial charge is 0.489 e. The number of ether oxygens (including phenoxy) is 2. The molecule has 21 heavy (non-hydrogen) atoms. The van der Waals surface area contributed by atoms with Crippen molar-refractivity contribution >= 4 is 11.7 Å². The third-order valence-electron chi connectivity index (χ3n) is 2.80. The molecule has 0 amide bonds. The van der Waals surface area contributed by atoms with Crippen LogP contribution in [0.3, 0.4) is 0 Å². The van der Waals surface area contributed by atoms with Gasteiger partial charge in [-0.2, -0.15) is 0 Å². The lowest BCUT2D eigenvalue weighted by Crippen LogP contribution is -2.11. The molecule has 0 spiro atoms. The topological polar surface area (TPSA) is 61.5 Å². The first-order valence-electron chi connectivity index (χ1n) is 6.06. The van der Waals surface area contributed by atoms with E-state index in [4.69, 9.17) is 10.5 Å². The van der Waals surface area contributed by atoms with Crippen molar-refractivity contribution in [3.05, 3.63) is 59.2 Å². The van der Waals surface area contributed by atoms with Gasteiger partial charge >= 0.3 is 5.97 Å². The smallest absolute Gasteiger partial charge is 0.340 e. The summed E-state index contributed by atoms with van der Waals surface area (Å²) < 4.78 is 36.1. The number of halogens is 2. The lowest BCUT2D eigenvalue weighted by atomic mass is 10.1. The summed E-state index contributed by atoms with van der Waals surface area (Å²) in [4.78, 5) is 11.7. The molecule has 2 aromatic carbocycles. The van der Waals surface area contributed by atoms with Crippen LogP contribution in [0.15, 0.2) is 36.4 Å². The summed E-state index contributed by atoms with van der Waals surface area (Å²) in [6.07, 6.45) is 0. The third-order valence-corrected chi connectivity index (χ3v) is 2.80. The van der Waals surface area contributed by atoms with Gasteiger partial charge in [0.2, 0.25) is 0 Å². The Morgan fingerprint density at radius 2 is 1.86 bits per heavy atom. The van der Waals surface area contributed by atoms with E-state index < -0.39 is 17.6 Å². The second-order valence-corrected chi connectivity index (χ2v) is 4.27. The van der Waals surface area contributed by atoms with Gasteiger partial charge in [0.15, 0.2) is 0 Å². The van der Waals surface area contributed by atoms with Crippen LogP contribution in [0.1, 0.15) is 15.9 Å². The first kappa shape index (κ1) is 14.8. The molecule has 0 aromatic heterocycles. The van der Waals surface area contributed by atoms with E-state index in [1.54, 1.807) is 18.2 Å². The molecule has 0 heterocycles. The zero-order valence-electron chi connectivity index (χ0n) is 11.2. The molecule has 0 fully saturated rings. The predicted octanol–water partition coefficient (Wildman–Crippen LogP) is 2.91. The minimum Gasteiger partial charge on any atom is -0.489 e. The van der Waals surface area contributed by atoms with Gasteiger partial charge in [0.25, 0.3) is 0 Å². The molecule has 2 N–H and O–H groups in total. The highest BCUT2D eigenvalue weighted by molar-refractivity contribution is 5.96. The van der Waals surface area contributed by atoms with E-state index in [0.717, 1.165) is 18.2 Å². The number of carbonyl (C=O) groups is 1. The van der Waals surface area contributed by atoms with Crippen molar-refractivity contribution in [1.82, 2.24) is 0 Å². The van der Waals surface area contributed by atoms with Crippen LogP contribution in [-0.4, -0.2) is 13.1 Å². The Labute approximate surface area is 120 Å². The van der Waals surface area contributed by atoms with Crippen LogP contribution in [0.2, 0.25) is 0 Å². The molecule has 0 saturated carbocycles. The number of hydrogen-bond donors (Lipinski definition) is 1. The van der Waals surface area contributed by atoms with Gasteiger partial charge in [-0.05, 0) is 6.07 Å². The number of nitrogen functional groups attached to an aromatic ring is 1. The maximum atomic E-state index is 13.1. The molecule has 2 aromatic rings. The van der Waals surface area contributed by atoms with Crippen molar-refractivity contribution in [2.45, 2.75) is 6.61 Å². The average molecular weight is 293 g/mol. The molecule has 0 aliphatic rings. The van der Waals surface area contributed by atoms with Crippen LogP contribution in [0.5, 0.6) is 5.75 Å². The first-order valence-corrected chi connectivity index (χ1v) is 6.06. The van der Waals surface area contributed by atoms with Gasteiger partial charge in [0, 0.05) is 29.4 Å². The average Bonchev–Trinajstić information content (AvgIpc) is 2.43.